The van der Waals surface area contributed by atoms with Crippen molar-refractivity contribution in [3.05, 3.63) is 0 Å². The molecular weight excluding hydrogens is 236 g/mol. The van der Waals surface area contributed by atoms with Crippen molar-refractivity contribution in [2.75, 3.05) is 13.6 Å². The predicted octanol–water partition coefficient (Wildman–Crippen LogP) is -0.765. The van der Waals surface area contributed by atoms with Gasteiger partial charge >= 0.3 is 0 Å². The fourth-order valence-electron chi connectivity index (χ4n) is 1.50. The quantitative estimate of drug-likeness (QED) is 0.690. The van der Waals surface area contributed by atoms with E-state index < -0.39 is 0 Å². The number of carbonyl (C=O) groups is 3. The van der Waals surface area contributed by atoms with Gasteiger partial charge in [-0.05, 0) is 13.8 Å². The van der Waals surface area contributed by atoms with Crippen molar-refractivity contribution >= 4 is 23.4 Å². The van der Waals surface area contributed by atoms with Crippen molar-refractivity contribution in [3.8, 4) is 0 Å². The molecule has 3 amide bonds. The van der Waals surface area contributed by atoms with Gasteiger partial charge in [0.2, 0.25) is 11.8 Å². The summed E-state index contributed by atoms with van der Waals surface area (Å²) in [5.41, 5.74) is 2.53. The van der Waals surface area contributed by atoms with Crippen LogP contribution in [0.15, 0.2) is 5.10 Å². The van der Waals surface area contributed by atoms with Gasteiger partial charge in [0.05, 0.1) is 6.54 Å². The van der Waals surface area contributed by atoms with Gasteiger partial charge in [-0.1, -0.05) is 0 Å². The SMILES string of the molecule is CC(C)NC(=O)CN(C)C(=O)C1=NNC(=O)CC1. The van der Waals surface area contributed by atoms with Crippen LogP contribution in [0.4, 0.5) is 0 Å². The number of hydrazone groups is 1. The van der Waals surface area contributed by atoms with Crippen LogP contribution < -0.4 is 10.7 Å². The summed E-state index contributed by atoms with van der Waals surface area (Å²) in [5.74, 6) is -0.762. The van der Waals surface area contributed by atoms with Gasteiger partial charge in [0, 0.05) is 25.9 Å². The minimum atomic E-state index is -0.339. The van der Waals surface area contributed by atoms with Crippen LogP contribution in [0.2, 0.25) is 0 Å². The minimum Gasteiger partial charge on any atom is -0.352 e. The van der Waals surface area contributed by atoms with Gasteiger partial charge in [0.25, 0.3) is 5.91 Å². The van der Waals surface area contributed by atoms with E-state index in [1.54, 1.807) is 0 Å². The number of hydrogen-bond acceptors (Lipinski definition) is 4. The summed E-state index contributed by atoms with van der Waals surface area (Å²) in [6.45, 7) is 3.67. The van der Waals surface area contributed by atoms with Crippen LogP contribution in [0, 0.1) is 0 Å². The zero-order valence-corrected chi connectivity index (χ0v) is 10.8. The molecule has 7 heteroatoms. The van der Waals surface area contributed by atoms with E-state index in [0.29, 0.717) is 6.42 Å². The maximum absolute atomic E-state index is 11.9. The Morgan fingerprint density at radius 3 is 2.61 bits per heavy atom. The largest absolute Gasteiger partial charge is 0.352 e. The van der Waals surface area contributed by atoms with Crippen LogP contribution >= 0.6 is 0 Å². The van der Waals surface area contributed by atoms with Gasteiger partial charge in [-0.15, -0.1) is 0 Å². The summed E-state index contributed by atoms with van der Waals surface area (Å²) in [6, 6.07) is 0.0345. The molecule has 0 bridgehead atoms. The van der Waals surface area contributed by atoms with E-state index in [1.165, 1.54) is 11.9 Å². The first-order valence-electron chi connectivity index (χ1n) is 5.80. The van der Waals surface area contributed by atoms with E-state index in [0.717, 1.165) is 0 Å². The molecule has 0 unspecified atom stereocenters. The van der Waals surface area contributed by atoms with Gasteiger partial charge < -0.3 is 10.2 Å². The van der Waals surface area contributed by atoms with Crippen molar-refractivity contribution in [1.29, 1.82) is 0 Å². The van der Waals surface area contributed by atoms with Crippen molar-refractivity contribution < 1.29 is 14.4 Å². The fraction of sp³-hybridized carbons (Fsp3) is 0.636. The standard InChI is InChI=1S/C11H18N4O3/c1-7(2)12-10(17)6-15(3)11(18)8-4-5-9(16)14-13-8/h7H,4-6H2,1-3H3,(H,12,17)(H,14,16). The first-order valence-corrected chi connectivity index (χ1v) is 5.80. The number of hydrogen-bond donors (Lipinski definition) is 2. The summed E-state index contributed by atoms with van der Waals surface area (Å²) in [5, 5.41) is 6.39. The van der Waals surface area contributed by atoms with Crippen LogP contribution in [0.25, 0.3) is 0 Å². The molecule has 1 aliphatic heterocycles. The second kappa shape index (κ2) is 6.13. The van der Waals surface area contributed by atoms with Crippen molar-refractivity contribution in [2.45, 2.75) is 32.7 Å². The van der Waals surface area contributed by atoms with E-state index in [9.17, 15) is 14.4 Å². The van der Waals surface area contributed by atoms with E-state index in [-0.39, 0.29) is 42.4 Å². The zero-order valence-electron chi connectivity index (χ0n) is 10.8. The second-order valence-electron chi connectivity index (χ2n) is 4.48. The van der Waals surface area contributed by atoms with E-state index in [4.69, 9.17) is 0 Å². The van der Waals surface area contributed by atoms with Crippen molar-refractivity contribution in [1.82, 2.24) is 15.6 Å². The third-order valence-corrected chi connectivity index (χ3v) is 2.33. The summed E-state index contributed by atoms with van der Waals surface area (Å²) in [4.78, 5) is 35.6. The lowest BCUT2D eigenvalue weighted by Gasteiger charge is -2.20. The maximum Gasteiger partial charge on any atom is 0.270 e. The number of carbonyl (C=O) groups excluding carboxylic acids is 3. The lowest BCUT2D eigenvalue weighted by atomic mass is 10.1. The lowest BCUT2D eigenvalue weighted by Crippen LogP contribution is -2.44. The molecule has 0 aromatic rings. The molecule has 7 nitrogen and oxygen atoms in total. The third kappa shape index (κ3) is 4.15. The Bertz CT molecular complexity index is 390. The van der Waals surface area contributed by atoms with Gasteiger partial charge in [-0.2, -0.15) is 5.10 Å². The number of nitrogens with zero attached hydrogens (tertiary/aromatic N) is 2. The highest BCUT2D eigenvalue weighted by Gasteiger charge is 2.22. The molecule has 1 heterocycles. The highest BCUT2D eigenvalue weighted by molar-refractivity contribution is 6.39. The second-order valence-corrected chi connectivity index (χ2v) is 4.48. The van der Waals surface area contributed by atoms with Crippen LogP contribution in [0.3, 0.4) is 0 Å². The fourth-order valence-corrected chi connectivity index (χ4v) is 1.50. The number of amides is 3. The molecule has 0 aromatic heterocycles. The van der Waals surface area contributed by atoms with E-state index >= 15 is 0 Å². The summed E-state index contributed by atoms with van der Waals surface area (Å²) < 4.78 is 0. The molecule has 0 fully saturated rings. The van der Waals surface area contributed by atoms with Crippen LogP contribution in [0.1, 0.15) is 26.7 Å². The molecule has 2 N–H and O–H groups in total. The average molecular weight is 254 g/mol. The number of rotatable bonds is 4. The molecule has 0 saturated carbocycles. The summed E-state index contributed by atoms with van der Waals surface area (Å²) in [6.07, 6.45) is 0.553. The van der Waals surface area contributed by atoms with Gasteiger partial charge in [0.15, 0.2) is 0 Å². The molecular formula is C11H18N4O3. The van der Waals surface area contributed by atoms with Crippen LogP contribution in [-0.2, 0) is 14.4 Å². The molecule has 0 saturated heterocycles. The molecule has 0 radical (unpaired) electrons. The third-order valence-electron chi connectivity index (χ3n) is 2.33. The van der Waals surface area contributed by atoms with E-state index in [2.05, 4.69) is 15.8 Å². The molecule has 1 aliphatic rings. The Hall–Kier alpha value is -1.92. The molecule has 0 atom stereocenters. The Kier molecular flexibility index (Phi) is 4.82. The Morgan fingerprint density at radius 1 is 1.44 bits per heavy atom. The van der Waals surface area contributed by atoms with Crippen LogP contribution in [0.5, 0.6) is 0 Å². The Labute approximate surface area is 106 Å². The molecule has 0 aliphatic carbocycles. The van der Waals surface area contributed by atoms with Crippen molar-refractivity contribution in [3.63, 3.8) is 0 Å². The summed E-state index contributed by atoms with van der Waals surface area (Å²) >= 11 is 0. The highest BCUT2D eigenvalue weighted by atomic mass is 16.2. The first kappa shape index (κ1) is 14.1. The Balaban J connectivity index is 2.51. The maximum atomic E-state index is 11.9. The lowest BCUT2D eigenvalue weighted by molar-refractivity contribution is -0.130. The normalized spacial score (nSPS) is 14.9. The zero-order chi connectivity index (χ0) is 13.7. The van der Waals surface area contributed by atoms with Gasteiger partial charge in [-0.25, -0.2) is 5.43 Å². The first-order chi connectivity index (χ1) is 8.40. The van der Waals surface area contributed by atoms with Crippen molar-refractivity contribution in [2.24, 2.45) is 5.10 Å². The Morgan fingerprint density at radius 2 is 2.11 bits per heavy atom. The average Bonchev–Trinajstić information content (AvgIpc) is 2.27. The summed E-state index contributed by atoms with van der Waals surface area (Å²) in [7, 11) is 1.53. The molecule has 100 valence electrons. The topological polar surface area (TPSA) is 90.9 Å². The number of likely N-dealkylation sites (N-methyl/N-ethyl adjacent to an activating group) is 1. The van der Waals surface area contributed by atoms with Gasteiger partial charge in [0.1, 0.15) is 5.71 Å². The molecule has 0 aromatic carbocycles. The molecule has 18 heavy (non-hydrogen) atoms. The highest BCUT2D eigenvalue weighted by Crippen LogP contribution is 2.02. The van der Waals surface area contributed by atoms with Gasteiger partial charge in [-0.3, -0.25) is 14.4 Å². The van der Waals surface area contributed by atoms with Crippen LogP contribution in [-0.4, -0.2) is 48.0 Å². The molecule has 0 spiro atoms. The van der Waals surface area contributed by atoms with E-state index in [1.807, 2.05) is 13.8 Å². The smallest absolute Gasteiger partial charge is 0.270 e. The predicted molar refractivity (Wildman–Crippen MR) is 65.7 cm³/mol. The number of nitrogens with one attached hydrogen (secondary N) is 2. The molecule has 1 rings (SSSR count). The monoisotopic (exact) mass is 254 g/mol. The minimum absolute atomic E-state index is 0.0238.